The third-order valence-corrected chi connectivity index (χ3v) is 3.32. The lowest BCUT2D eigenvalue weighted by Gasteiger charge is -2.23. The van der Waals surface area contributed by atoms with Gasteiger partial charge in [-0.25, -0.2) is 5.14 Å². The van der Waals surface area contributed by atoms with Gasteiger partial charge in [-0.15, -0.1) is 0 Å². The minimum Gasteiger partial charge on any atom is -0.491 e. The molecule has 0 atom stereocenters. The number of hydrogen-bond acceptors (Lipinski definition) is 5. The Morgan fingerprint density at radius 3 is 2.59 bits per heavy atom. The Balaban J connectivity index is 3.05. The summed E-state index contributed by atoms with van der Waals surface area (Å²) in [4.78, 5) is 11.7. The van der Waals surface area contributed by atoms with Crippen molar-refractivity contribution < 1.29 is 17.9 Å². The number of hydrogen-bond donors (Lipinski definition) is 3. The summed E-state index contributed by atoms with van der Waals surface area (Å²) in [5.41, 5.74) is -0.810. The summed E-state index contributed by atoms with van der Waals surface area (Å²) in [5.74, 6) is -0.0575. The summed E-state index contributed by atoms with van der Waals surface area (Å²) < 4.78 is 29.7. The lowest BCUT2D eigenvalue weighted by atomic mass is 9.94. The van der Waals surface area contributed by atoms with Crippen LogP contribution in [0, 0.1) is 16.7 Å². The number of nitrogens with zero attached hydrogens (tertiary/aromatic N) is 1. The standard InChI is InChI=1S/C13H18N4O4S/c1-13(2,12(18)16-3)8-21-11-6-4-5-10(9(11)7-14)17-22(15,19)20/h4-6,17H,8H2,1-3H3,(H,16,18)(H2,15,19,20). The second-order valence-electron chi connectivity index (χ2n) is 5.19. The normalized spacial score (nSPS) is 11.4. The maximum Gasteiger partial charge on any atom is 0.296 e. The predicted octanol–water partition coefficient (Wildman–Crippen LogP) is 0.325. The Labute approximate surface area is 129 Å². The fraction of sp³-hybridized carbons (Fsp3) is 0.385. The summed E-state index contributed by atoms with van der Waals surface area (Å²) >= 11 is 0. The number of carbonyl (C=O) groups excluding carboxylic acids is 1. The van der Waals surface area contributed by atoms with Gasteiger partial charge in [-0.3, -0.25) is 9.52 Å². The first-order chi connectivity index (χ1) is 10.1. The van der Waals surface area contributed by atoms with Crippen molar-refractivity contribution >= 4 is 21.8 Å². The first-order valence-corrected chi connectivity index (χ1v) is 7.84. The molecule has 1 aromatic rings. The molecule has 0 bridgehead atoms. The second-order valence-corrected chi connectivity index (χ2v) is 6.48. The summed E-state index contributed by atoms with van der Waals surface area (Å²) in [6.07, 6.45) is 0. The summed E-state index contributed by atoms with van der Waals surface area (Å²) in [6.45, 7) is 3.38. The minimum atomic E-state index is -4.01. The van der Waals surface area contributed by atoms with Crippen LogP contribution in [0.25, 0.3) is 0 Å². The van der Waals surface area contributed by atoms with E-state index in [0.29, 0.717) is 0 Å². The Morgan fingerprint density at radius 2 is 2.09 bits per heavy atom. The van der Waals surface area contributed by atoms with Gasteiger partial charge in [0.15, 0.2) is 0 Å². The van der Waals surface area contributed by atoms with E-state index >= 15 is 0 Å². The highest BCUT2D eigenvalue weighted by Crippen LogP contribution is 2.28. The fourth-order valence-electron chi connectivity index (χ4n) is 1.67. The van der Waals surface area contributed by atoms with Crippen molar-refractivity contribution in [2.75, 3.05) is 18.4 Å². The highest BCUT2D eigenvalue weighted by atomic mass is 32.2. The maximum atomic E-state index is 11.7. The molecule has 0 aromatic heterocycles. The summed E-state index contributed by atoms with van der Waals surface area (Å²) in [5, 5.41) is 16.6. The zero-order valence-corrected chi connectivity index (χ0v) is 13.3. The fourth-order valence-corrected chi connectivity index (χ4v) is 2.14. The molecule has 22 heavy (non-hydrogen) atoms. The average molecular weight is 326 g/mol. The summed E-state index contributed by atoms with van der Waals surface area (Å²) in [7, 11) is -2.49. The predicted molar refractivity (Wildman–Crippen MR) is 81.2 cm³/mol. The number of ether oxygens (including phenoxy) is 1. The van der Waals surface area contributed by atoms with Gasteiger partial charge in [-0.05, 0) is 26.0 Å². The molecule has 0 saturated carbocycles. The number of nitriles is 1. The molecule has 0 heterocycles. The van der Waals surface area contributed by atoms with Gasteiger partial charge < -0.3 is 10.1 Å². The number of anilines is 1. The van der Waals surface area contributed by atoms with Crippen LogP contribution in [-0.2, 0) is 15.0 Å². The largest absolute Gasteiger partial charge is 0.491 e. The zero-order valence-electron chi connectivity index (χ0n) is 12.5. The zero-order chi connectivity index (χ0) is 17.0. The van der Waals surface area contributed by atoms with Crippen molar-refractivity contribution in [2.24, 2.45) is 10.6 Å². The molecule has 8 nitrogen and oxygen atoms in total. The number of rotatable bonds is 6. The molecule has 0 aliphatic heterocycles. The van der Waals surface area contributed by atoms with Crippen molar-refractivity contribution in [1.82, 2.24) is 5.32 Å². The minimum absolute atomic E-state index is 0.00997. The van der Waals surface area contributed by atoms with Crippen LogP contribution < -0.4 is 19.9 Å². The Morgan fingerprint density at radius 1 is 1.45 bits per heavy atom. The van der Waals surface area contributed by atoms with E-state index in [1.165, 1.54) is 25.2 Å². The van der Waals surface area contributed by atoms with Gasteiger partial charge in [-0.1, -0.05) is 6.07 Å². The van der Waals surface area contributed by atoms with Crippen molar-refractivity contribution in [1.29, 1.82) is 5.26 Å². The third kappa shape index (κ3) is 4.61. The van der Waals surface area contributed by atoms with Crippen LogP contribution in [0.5, 0.6) is 5.75 Å². The van der Waals surface area contributed by atoms with E-state index in [-0.39, 0.29) is 29.5 Å². The van der Waals surface area contributed by atoms with Crippen molar-refractivity contribution in [3.8, 4) is 11.8 Å². The SMILES string of the molecule is CNC(=O)C(C)(C)COc1cccc(NS(N)(=O)=O)c1C#N. The molecular formula is C13H18N4O4S. The van der Waals surface area contributed by atoms with Crippen LogP contribution in [0.1, 0.15) is 19.4 Å². The van der Waals surface area contributed by atoms with Crippen LogP contribution in [0.3, 0.4) is 0 Å². The topological polar surface area (TPSA) is 134 Å². The van der Waals surface area contributed by atoms with Gasteiger partial charge in [0.1, 0.15) is 24.0 Å². The average Bonchev–Trinajstić information content (AvgIpc) is 2.42. The number of carbonyl (C=O) groups is 1. The molecule has 0 aliphatic carbocycles. The monoisotopic (exact) mass is 326 g/mol. The lowest BCUT2D eigenvalue weighted by molar-refractivity contribution is -0.130. The van der Waals surface area contributed by atoms with Gasteiger partial charge >= 0.3 is 0 Å². The highest BCUT2D eigenvalue weighted by molar-refractivity contribution is 7.90. The maximum absolute atomic E-state index is 11.7. The number of nitrogens with one attached hydrogen (secondary N) is 2. The number of nitrogens with two attached hydrogens (primary N) is 1. The van der Waals surface area contributed by atoms with Crippen LogP contribution >= 0.6 is 0 Å². The molecule has 120 valence electrons. The Bertz CT molecular complexity index is 707. The van der Waals surface area contributed by atoms with Crippen molar-refractivity contribution in [2.45, 2.75) is 13.8 Å². The molecule has 0 aliphatic rings. The molecular weight excluding hydrogens is 308 g/mol. The van der Waals surface area contributed by atoms with E-state index in [4.69, 9.17) is 9.88 Å². The number of amides is 1. The molecule has 4 N–H and O–H groups in total. The van der Waals surface area contributed by atoms with E-state index in [9.17, 15) is 18.5 Å². The lowest BCUT2D eigenvalue weighted by Crippen LogP contribution is -2.39. The van der Waals surface area contributed by atoms with E-state index in [0.717, 1.165) is 0 Å². The smallest absolute Gasteiger partial charge is 0.296 e. The van der Waals surface area contributed by atoms with Crippen molar-refractivity contribution in [3.63, 3.8) is 0 Å². The van der Waals surface area contributed by atoms with E-state index in [2.05, 4.69) is 5.32 Å². The molecule has 0 radical (unpaired) electrons. The Kier molecular flexibility index (Phi) is 5.35. The molecule has 0 spiro atoms. The van der Waals surface area contributed by atoms with Crippen LogP contribution in [0.2, 0.25) is 0 Å². The van der Waals surface area contributed by atoms with E-state index in [1.54, 1.807) is 13.8 Å². The van der Waals surface area contributed by atoms with Crippen LogP contribution in [0.4, 0.5) is 5.69 Å². The summed E-state index contributed by atoms with van der Waals surface area (Å²) in [6, 6.07) is 6.26. The van der Waals surface area contributed by atoms with Gasteiger partial charge in [0.2, 0.25) is 5.91 Å². The van der Waals surface area contributed by atoms with E-state index < -0.39 is 15.6 Å². The highest BCUT2D eigenvalue weighted by Gasteiger charge is 2.28. The molecule has 1 amide bonds. The van der Waals surface area contributed by atoms with Crippen LogP contribution in [-0.4, -0.2) is 28.0 Å². The van der Waals surface area contributed by atoms with Crippen molar-refractivity contribution in [3.05, 3.63) is 23.8 Å². The van der Waals surface area contributed by atoms with Gasteiger partial charge in [0.25, 0.3) is 10.2 Å². The molecule has 1 rings (SSSR count). The molecule has 0 fully saturated rings. The molecule has 0 saturated heterocycles. The molecule has 0 unspecified atom stereocenters. The van der Waals surface area contributed by atoms with Gasteiger partial charge in [-0.2, -0.15) is 13.7 Å². The molecule has 9 heteroatoms. The third-order valence-electron chi connectivity index (χ3n) is 2.82. The van der Waals surface area contributed by atoms with Gasteiger partial charge in [0.05, 0.1) is 11.1 Å². The quantitative estimate of drug-likeness (QED) is 0.692. The second kappa shape index (κ2) is 6.64. The van der Waals surface area contributed by atoms with Gasteiger partial charge in [0, 0.05) is 7.05 Å². The van der Waals surface area contributed by atoms with Crippen LogP contribution in [0.15, 0.2) is 18.2 Å². The Hall–Kier alpha value is -2.31. The first kappa shape index (κ1) is 17.7. The molecule has 1 aromatic carbocycles. The first-order valence-electron chi connectivity index (χ1n) is 6.29. The number of benzene rings is 1. The van der Waals surface area contributed by atoms with E-state index in [1.807, 2.05) is 10.8 Å².